The summed E-state index contributed by atoms with van der Waals surface area (Å²) in [6, 6.07) is 120. The number of para-hydroxylation sites is 8. The van der Waals surface area contributed by atoms with Gasteiger partial charge in [-0.1, -0.05) is 194 Å². The first-order chi connectivity index (χ1) is 68.2. The summed E-state index contributed by atoms with van der Waals surface area (Å²) in [5, 5.41) is 0. The van der Waals surface area contributed by atoms with Gasteiger partial charge in [-0.3, -0.25) is 0 Å². The molecule has 0 amide bonds. The van der Waals surface area contributed by atoms with Crippen molar-refractivity contribution in [2.24, 2.45) is 0 Å². The van der Waals surface area contributed by atoms with Gasteiger partial charge in [-0.25, -0.2) is 0 Å². The van der Waals surface area contributed by atoms with Crippen LogP contribution in [-0.4, -0.2) is 107 Å². The van der Waals surface area contributed by atoms with Crippen molar-refractivity contribution in [2.45, 2.75) is 107 Å². The number of fused-ring (bicyclic) bond motifs is 8. The van der Waals surface area contributed by atoms with Gasteiger partial charge in [0.15, 0.2) is 0 Å². The van der Waals surface area contributed by atoms with E-state index in [0.29, 0.717) is 0 Å². The van der Waals surface area contributed by atoms with Crippen LogP contribution in [0.3, 0.4) is 0 Å². The largest absolute Gasteiger partial charge is 0.496 e. The van der Waals surface area contributed by atoms with Crippen LogP contribution < -0.4 is 77.1 Å². The monoisotopic (exact) mass is 1860 g/mol. The van der Waals surface area contributed by atoms with E-state index in [9.17, 15) is 0 Å². The second-order valence-corrected chi connectivity index (χ2v) is 36.2. The summed E-state index contributed by atoms with van der Waals surface area (Å²) in [6.45, 7) is 29.6. The van der Waals surface area contributed by atoms with Crippen molar-refractivity contribution in [1.82, 2.24) is 0 Å². The molecule has 0 spiro atoms. The topological polar surface area (TPSA) is 99.8 Å². The Morgan fingerprint density at radius 3 is 0.550 bits per heavy atom. The van der Waals surface area contributed by atoms with Crippen LogP contribution in [0.5, 0.6) is 46.0 Å². The van der Waals surface area contributed by atoms with E-state index in [0.717, 1.165) is 184 Å². The molecule has 0 atom stereocenters. The quantitative estimate of drug-likeness (QED) is 0.0573. The number of ether oxygens (including phenoxy) is 8. The van der Waals surface area contributed by atoms with Crippen molar-refractivity contribution >= 4 is 91.0 Å². The van der Waals surface area contributed by atoms with Crippen LogP contribution >= 0.6 is 0 Å². The lowest BCUT2D eigenvalue weighted by molar-refractivity contribution is 0.243. The summed E-state index contributed by atoms with van der Waals surface area (Å²) in [4.78, 5) is 19.1. The van der Waals surface area contributed by atoms with Gasteiger partial charge in [-0.2, -0.15) is 0 Å². The molecule has 712 valence electrons. The minimum atomic E-state index is 0.119. The highest BCUT2D eigenvalue weighted by Gasteiger charge is 2.36. The van der Waals surface area contributed by atoms with Crippen molar-refractivity contribution in [1.29, 1.82) is 0 Å². The molecule has 0 bridgehead atoms. The normalized spacial score (nSPS) is 12.4. The molecule has 0 aliphatic carbocycles. The predicted octanol–water partition coefficient (Wildman–Crippen LogP) is 32.2. The molecule has 0 saturated carbocycles. The van der Waals surface area contributed by atoms with Gasteiger partial charge >= 0.3 is 0 Å². The van der Waals surface area contributed by atoms with E-state index in [-0.39, 0.29) is 24.3 Å². The molecular weight excluding hydrogens is 1730 g/mol. The number of hydrogen-bond acceptors (Lipinski definition) is 16. The zero-order chi connectivity index (χ0) is 98.1. The lowest BCUT2D eigenvalue weighted by Crippen LogP contribution is -2.36. The van der Waals surface area contributed by atoms with Crippen LogP contribution in [0, 0.1) is 0 Å². The molecule has 0 unspecified atom stereocenters. The second kappa shape index (κ2) is 42.5. The molecule has 140 heavy (non-hydrogen) atoms. The van der Waals surface area contributed by atoms with Crippen molar-refractivity contribution in [2.75, 3.05) is 122 Å². The minimum absolute atomic E-state index is 0.119. The van der Waals surface area contributed by atoms with Gasteiger partial charge in [0, 0.05) is 96.9 Å². The van der Waals surface area contributed by atoms with Crippen LogP contribution in [0.15, 0.2) is 340 Å². The first kappa shape index (κ1) is 96.0. The zero-order valence-electron chi connectivity index (χ0n) is 84.3. The van der Waals surface area contributed by atoms with E-state index in [4.69, 9.17) is 37.9 Å². The average Bonchev–Trinajstić information content (AvgIpc) is 0.737. The second-order valence-electron chi connectivity index (χ2n) is 36.2. The predicted molar refractivity (Wildman–Crippen MR) is 587 cm³/mol. The molecule has 20 rings (SSSR count). The van der Waals surface area contributed by atoms with Crippen LogP contribution in [-0.2, 0) is 0 Å². The summed E-state index contributed by atoms with van der Waals surface area (Å²) in [6.07, 6.45) is 0.238. The molecule has 0 radical (unpaired) electrons. The van der Waals surface area contributed by atoms with Crippen molar-refractivity contribution in [3.8, 4) is 135 Å². The molecule has 4 aliphatic rings. The van der Waals surface area contributed by atoms with Gasteiger partial charge in [0.05, 0.1) is 146 Å². The fourth-order valence-electron chi connectivity index (χ4n) is 20.1. The Kier molecular flexibility index (Phi) is 29.2. The minimum Gasteiger partial charge on any atom is -0.496 e. The average molecular weight is 1860 g/mol. The molecule has 0 aromatic heterocycles. The molecule has 0 saturated heterocycles. The molecular formula is C124H128N8O8. The highest BCUT2D eigenvalue weighted by atomic mass is 16.5. The molecule has 16 heteroatoms. The summed E-state index contributed by atoms with van der Waals surface area (Å²) in [5.41, 5.74) is 37.2. The fraction of sp³-hybridized carbons (Fsp3) is 0.226. The van der Waals surface area contributed by atoms with Gasteiger partial charge in [-0.15, -0.1) is 0 Å². The number of methoxy groups -OCH3 is 6. The van der Waals surface area contributed by atoms with Gasteiger partial charge < -0.3 is 77.1 Å². The first-order valence-electron chi connectivity index (χ1n) is 48.8. The molecule has 4 heterocycles. The van der Waals surface area contributed by atoms with Gasteiger partial charge in [0.25, 0.3) is 0 Å². The standard InChI is InChI=1S/C34H38N2O2.C32H34N2O2.C30H30N2O2.C28H26N2O2/c1-7-35-29-19-17-26(28-14-10-12-16-34(28)38-24(5)6)22-32(29)36(8-2)30-20-18-25(21-31(30)35)27-13-9-11-15-33(27)37-23(3)4;1-21(2)33-27-17-15-24(26-12-8-10-14-32(26)36-6)20-30(27)34(22(3)4)28-18-16-23(19-29(28)33)25-11-7-9-13-31(25)35-5;1-5-31-25-17-15-22(24-12-8-10-14-30(24)34-4)20-28(25)32(6-2)26-18-16-21(19-27(26)31)23-11-7-9-13-29(23)33-3;1-29-23-15-13-20(22-10-6-8-12-28(22)32-4)18-26(23)30(2)24-16-14-19(17-25(24)29)21-9-5-7-11-27(21)31-3/h9-24H,7-8H2,1-6H3;7-22H,1-6H3;7-20H,5-6H2,1-4H3;5-18H,1-4H3. The van der Waals surface area contributed by atoms with Gasteiger partial charge in [0.2, 0.25) is 0 Å². The van der Waals surface area contributed by atoms with Crippen LogP contribution in [0.4, 0.5) is 91.0 Å². The Hall–Kier alpha value is -15.7. The zero-order valence-corrected chi connectivity index (χ0v) is 84.3. The number of hydrogen-bond donors (Lipinski definition) is 0. The molecule has 4 aliphatic heterocycles. The Morgan fingerprint density at radius 1 is 0.186 bits per heavy atom. The van der Waals surface area contributed by atoms with E-state index >= 15 is 0 Å². The van der Waals surface area contributed by atoms with Crippen molar-refractivity contribution < 1.29 is 37.9 Å². The van der Waals surface area contributed by atoms with Crippen molar-refractivity contribution in [3.63, 3.8) is 0 Å². The number of benzene rings is 16. The molecule has 16 nitrogen and oxygen atoms in total. The highest BCUT2D eigenvalue weighted by Crippen LogP contribution is 2.58. The van der Waals surface area contributed by atoms with E-state index in [1.807, 2.05) is 97.1 Å². The third kappa shape index (κ3) is 18.9. The Morgan fingerprint density at radius 2 is 0.357 bits per heavy atom. The van der Waals surface area contributed by atoms with Gasteiger partial charge in [-0.05, 0) is 273 Å². The van der Waals surface area contributed by atoms with E-state index in [1.54, 1.807) is 42.7 Å². The Bertz CT molecular complexity index is 6710. The maximum absolute atomic E-state index is 6.15. The third-order valence-electron chi connectivity index (χ3n) is 26.5. The van der Waals surface area contributed by atoms with Crippen LogP contribution in [0.25, 0.3) is 89.0 Å². The summed E-state index contributed by atoms with van der Waals surface area (Å²) in [5.74, 6) is 7.12. The maximum Gasteiger partial charge on any atom is 0.127 e. The van der Waals surface area contributed by atoms with E-state index in [2.05, 4.69) is 379 Å². The first-order valence-corrected chi connectivity index (χ1v) is 48.8. The molecule has 16 aromatic rings. The smallest absolute Gasteiger partial charge is 0.127 e. The Labute approximate surface area is 827 Å². The molecule has 0 fully saturated rings. The summed E-state index contributed by atoms with van der Waals surface area (Å²) < 4.78 is 46.1. The lowest BCUT2D eigenvalue weighted by Gasteiger charge is -2.44. The lowest BCUT2D eigenvalue weighted by atomic mass is 9.96. The van der Waals surface area contributed by atoms with E-state index in [1.165, 1.54) is 68.2 Å². The fourth-order valence-corrected chi connectivity index (χ4v) is 20.1. The van der Waals surface area contributed by atoms with Crippen LogP contribution in [0.2, 0.25) is 0 Å². The number of anilines is 16. The summed E-state index contributed by atoms with van der Waals surface area (Å²) in [7, 11) is 14.6. The number of rotatable bonds is 24. The van der Waals surface area contributed by atoms with Gasteiger partial charge in [0.1, 0.15) is 46.0 Å². The molecule has 16 aromatic carbocycles. The SMILES string of the molecule is CCN1c2ccc(-c3ccccc3OC(C)C)cc2N(CC)c2ccc(-c3ccccc3OC(C)C)cc21.CCN1c2ccc(-c3ccccc3OC)cc2N(CC)c2ccc(-c3ccccc3OC)cc21.COc1ccccc1-c1ccc2c(c1)N(C(C)C)c1ccc(-c3ccccc3OC)cc1N2C(C)C.COc1ccccc1-c1ccc2c(c1)N(C)c1ccc(-c3ccccc3OC)cc1N2C. The summed E-state index contributed by atoms with van der Waals surface area (Å²) >= 11 is 0. The number of nitrogens with zero attached hydrogens (tertiary/aromatic N) is 8. The maximum atomic E-state index is 6.15. The third-order valence-corrected chi connectivity index (χ3v) is 26.5. The van der Waals surface area contributed by atoms with E-state index < -0.39 is 0 Å². The highest BCUT2D eigenvalue weighted by molar-refractivity contribution is 6.02. The van der Waals surface area contributed by atoms with Crippen molar-refractivity contribution in [3.05, 3.63) is 340 Å². The molecule has 0 N–H and O–H groups in total. The van der Waals surface area contributed by atoms with Crippen LogP contribution in [0.1, 0.15) is 83.1 Å². The Balaban J connectivity index is 0.000000129.